The van der Waals surface area contributed by atoms with Crippen molar-refractivity contribution in [2.75, 3.05) is 23.8 Å². The van der Waals surface area contributed by atoms with Gasteiger partial charge < -0.3 is 10.2 Å². The van der Waals surface area contributed by atoms with Crippen molar-refractivity contribution in [3.63, 3.8) is 0 Å². The lowest BCUT2D eigenvalue weighted by Gasteiger charge is -2.25. The molecule has 1 N–H and O–H groups in total. The van der Waals surface area contributed by atoms with Gasteiger partial charge in [0.05, 0.1) is 0 Å². The van der Waals surface area contributed by atoms with Gasteiger partial charge in [-0.05, 0) is 25.5 Å². The van der Waals surface area contributed by atoms with Crippen molar-refractivity contribution in [1.82, 2.24) is 9.97 Å². The molecule has 0 radical (unpaired) electrons. The predicted octanol–water partition coefficient (Wildman–Crippen LogP) is 4.11. The molecule has 0 saturated heterocycles. The monoisotopic (exact) mass is 284 g/mol. The fraction of sp³-hybridized carbons (Fsp3) is 0.412. The smallest absolute Gasteiger partial charge is 0.138 e. The molecule has 0 aliphatic heterocycles. The Morgan fingerprint density at radius 2 is 1.90 bits per heavy atom. The largest absolute Gasteiger partial charge is 0.373 e. The van der Waals surface area contributed by atoms with Gasteiger partial charge in [-0.25, -0.2) is 9.97 Å². The number of benzene rings is 1. The summed E-state index contributed by atoms with van der Waals surface area (Å²) >= 11 is 0. The third-order valence-electron chi connectivity index (χ3n) is 3.50. The van der Waals surface area contributed by atoms with Gasteiger partial charge in [0.25, 0.3) is 0 Å². The highest BCUT2D eigenvalue weighted by Gasteiger charge is 2.14. The number of anilines is 3. The maximum absolute atomic E-state index is 4.74. The molecule has 4 nitrogen and oxygen atoms in total. The normalized spacial score (nSPS) is 10.8. The number of rotatable bonds is 5. The summed E-state index contributed by atoms with van der Waals surface area (Å²) in [6.45, 7) is 9.36. The van der Waals surface area contributed by atoms with E-state index in [1.165, 1.54) is 11.3 Å². The maximum atomic E-state index is 4.74. The van der Waals surface area contributed by atoms with E-state index in [1.54, 1.807) is 0 Å². The van der Waals surface area contributed by atoms with Crippen LogP contribution in [0, 0.1) is 6.92 Å². The Kier molecular flexibility index (Phi) is 4.78. The summed E-state index contributed by atoms with van der Waals surface area (Å²) in [6, 6.07) is 10.4. The van der Waals surface area contributed by atoms with Crippen LogP contribution in [0.1, 0.15) is 38.1 Å². The SMILES string of the molecule is CCN(c1cc(NC)nc(C(C)C)n1)c1ccccc1C. The number of aromatic nitrogens is 2. The van der Waals surface area contributed by atoms with E-state index in [4.69, 9.17) is 4.98 Å². The number of aryl methyl sites for hydroxylation is 1. The molecule has 2 aromatic rings. The van der Waals surface area contributed by atoms with Crippen molar-refractivity contribution in [1.29, 1.82) is 0 Å². The molecular weight excluding hydrogens is 260 g/mol. The standard InChI is InChI=1S/C17H24N4/c1-6-21(14-10-8-7-9-13(14)4)16-11-15(18-5)19-17(20-16)12(2)3/h7-12H,6H2,1-5H3,(H,18,19,20). The molecule has 0 saturated carbocycles. The van der Waals surface area contributed by atoms with Gasteiger partial charge in [-0.2, -0.15) is 0 Å². The summed E-state index contributed by atoms with van der Waals surface area (Å²) < 4.78 is 0. The van der Waals surface area contributed by atoms with Crippen LogP contribution in [-0.2, 0) is 0 Å². The van der Waals surface area contributed by atoms with Crippen LogP contribution in [0.5, 0.6) is 0 Å². The highest BCUT2D eigenvalue weighted by Crippen LogP contribution is 2.28. The quantitative estimate of drug-likeness (QED) is 0.897. The van der Waals surface area contributed by atoms with E-state index in [0.29, 0.717) is 5.92 Å². The zero-order chi connectivity index (χ0) is 15.4. The molecule has 0 bridgehead atoms. The van der Waals surface area contributed by atoms with Crippen LogP contribution >= 0.6 is 0 Å². The molecule has 0 spiro atoms. The molecule has 0 fully saturated rings. The van der Waals surface area contributed by atoms with E-state index in [-0.39, 0.29) is 0 Å². The van der Waals surface area contributed by atoms with Crippen LogP contribution in [0.2, 0.25) is 0 Å². The van der Waals surface area contributed by atoms with Crippen molar-refractivity contribution < 1.29 is 0 Å². The molecule has 1 aromatic carbocycles. The molecule has 0 atom stereocenters. The van der Waals surface area contributed by atoms with Gasteiger partial charge in [0, 0.05) is 31.3 Å². The molecule has 0 aliphatic carbocycles. The summed E-state index contributed by atoms with van der Waals surface area (Å²) in [5.74, 6) is 2.96. The Balaban J connectivity index is 2.52. The van der Waals surface area contributed by atoms with Crippen LogP contribution in [-0.4, -0.2) is 23.6 Å². The van der Waals surface area contributed by atoms with Gasteiger partial charge in [0.2, 0.25) is 0 Å². The second-order valence-corrected chi connectivity index (χ2v) is 5.41. The first-order valence-electron chi connectivity index (χ1n) is 7.46. The minimum Gasteiger partial charge on any atom is -0.373 e. The van der Waals surface area contributed by atoms with Crippen molar-refractivity contribution in [2.45, 2.75) is 33.6 Å². The zero-order valence-electron chi connectivity index (χ0n) is 13.5. The highest BCUT2D eigenvalue weighted by atomic mass is 15.2. The Bertz CT molecular complexity index is 607. The second kappa shape index (κ2) is 6.57. The third kappa shape index (κ3) is 3.32. The number of hydrogen-bond acceptors (Lipinski definition) is 4. The molecule has 0 aliphatic rings. The van der Waals surface area contributed by atoms with Crippen LogP contribution in [0.25, 0.3) is 0 Å². The maximum Gasteiger partial charge on any atom is 0.138 e. The minimum atomic E-state index is 0.299. The van der Waals surface area contributed by atoms with Gasteiger partial charge in [-0.15, -0.1) is 0 Å². The average Bonchev–Trinajstić information content (AvgIpc) is 2.49. The van der Waals surface area contributed by atoms with Gasteiger partial charge in [-0.1, -0.05) is 32.0 Å². The third-order valence-corrected chi connectivity index (χ3v) is 3.50. The van der Waals surface area contributed by atoms with Gasteiger partial charge in [-0.3, -0.25) is 0 Å². The van der Waals surface area contributed by atoms with Crippen molar-refractivity contribution in [2.24, 2.45) is 0 Å². The number of para-hydroxylation sites is 1. The van der Waals surface area contributed by atoms with Crippen LogP contribution in [0.15, 0.2) is 30.3 Å². The van der Waals surface area contributed by atoms with Gasteiger partial charge in [0.15, 0.2) is 0 Å². The van der Waals surface area contributed by atoms with Gasteiger partial charge in [0.1, 0.15) is 17.5 Å². The molecular formula is C17H24N4. The first kappa shape index (κ1) is 15.3. The molecule has 1 heterocycles. The van der Waals surface area contributed by atoms with Crippen LogP contribution in [0.3, 0.4) is 0 Å². The first-order valence-corrected chi connectivity index (χ1v) is 7.46. The summed E-state index contributed by atoms with van der Waals surface area (Å²) in [5, 5.41) is 3.13. The van der Waals surface area contributed by atoms with Crippen LogP contribution in [0.4, 0.5) is 17.3 Å². The molecule has 4 heteroatoms. The number of hydrogen-bond donors (Lipinski definition) is 1. The molecule has 0 amide bonds. The van der Waals surface area contributed by atoms with E-state index in [2.05, 4.69) is 67.2 Å². The van der Waals surface area contributed by atoms with E-state index in [1.807, 2.05) is 13.1 Å². The summed E-state index contributed by atoms with van der Waals surface area (Å²) in [4.78, 5) is 11.5. The number of nitrogens with one attached hydrogen (secondary N) is 1. The highest BCUT2D eigenvalue weighted by molar-refractivity contribution is 5.65. The Labute approximate surface area is 127 Å². The molecule has 21 heavy (non-hydrogen) atoms. The van der Waals surface area contributed by atoms with Crippen molar-refractivity contribution in [3.8, 4) is 0 Å². The molecule has 112 valence electrons. The minimum absolute atomic E-state index is 0.299. The van der Waals surface area contributed by atoms with Crippen molar-refractivity contribution >= 4 is 17.3 Å². The fourth-order valence-corrected chi connectivity index (χ4v) is 2.30. The van der Waals surface area contributed by atoms with E-state index in [9.17, 15) is 0 Å². The van der Waals surface area contributed by atoms with Crippen molar-refractivity contribution in [3.05, 3.63) is 41.7 Å². The van der Waals surface area contributed by atoms with E-state index in [0.717, 1.165) is 24.0 Å². The Morgan fingerprint density at radius 3 is 2.48 bits per heavy atom. The fourth-order valence-electron chi connectivity index (χ4n) is 2.30. The van der Waals surface area contributed by atoms with Crippen LogP contribution < -0.4 is 10.2 Å². The average molecular weight is 284 g/mol. The summed E-state index contributed by atoms with van der Waals surface area (Å²) in [6.07, 6.45) is 0. The lowest BCUT2D eigenvalue weighted by atomic mass is 10.1. The first-order chi connectivity index (χ1) is 10.1. The number of nitrogens with zero attached hydrogens (tertiary/aromatic N) is 3. The molecule has 0 unspecified atom stereocenters. The molecule has 1 aromatic heterocycles. The summed E-state index contributed by atoms with van der Waals surface area (Å²) in [7, 11) is 1.89. The summed E-state index contributed by atoms with van der Waals surface area (Å²) in [5.41, 5.74) is 2.44. The second-order valence-electron chi connectivity index (χ2n) is 5.41. The predicted molar refractivity (Wildman–Crippen MR) is 89.5 cm³/mol. The van der Waals surface area contributed by atoms with E-state index >= 15 is 0 Å². The lowest BCUT2D eigenvalue weighted by Crippen LogP contribution is -2.20. The van der Waals surface area contributed by atoms with Gasteiger partial charge >= 0.3 is 0 Å². The zero-order valence-corrected chi connectivity index (χ0v) is 13.5. The van der Waals surface area contributed by atoms with E-state index < -0.39 is 0 Å². The topological polar surface area (TPSA) is 41.0 Å². The lowest BCUT2D eigenvalue weighted by molar-refractivity contribution is 0.770. The molecule has 2 rings (SSSR count). The Hall–Kier alpha value is -2.10. The Morgan fingerprint density at radius 1 is 1.19 bits per heavy atom.